The van der Waals surface area contributed by atoms with E-state index in [1.165, 1.54) is 0 Å². The smallest absolute Gasteiger partial charge is 0.327 e. The molecule has 0 aliphatic carbocycles. The molecule has 1 heterocycles. The predicted octanol–water partition coefficient (Wildman–Crippen LogP) is 0.775. The Bertz CT molecular complexity index is 858. The maximum Gasteiger partial charge on any atom is 0.327 e. The zero-order valence-electron chi connectivity index (χ0n) is 16.1. The minimum atomic E-state index is -1.19. The first-order valence-electron chi connectivity index (χ1n) is 9.11. The number of fused-ring (bicyclic) bond motifs is 1. The van der Waals surface area contributed by atoms with Crippen LogP contribution >= 0.6 is 24.4 Å². The summed E-state index contributed by atoms with van der Waals surface area (Å²) in [5.41, 5.74) is 7.66. The summed E-state index contributed by atoms with van der Waals surface area (Å²) in [5, 5.41) is 15.2. The van der Waals surface area contributed by atoms with Crippen LogP contribution in [0.4, 0.5) is 0 Å². The van der Waals surface area contributed by atoms with Gasteiger partial charge in [-0.05, 0) is 30.1 Å². The third-order valence-electron chi connectivity index (χ3n) is 4.50. The van der Waals surface area contributed by atoms with Crippen molar-refractivity contribution >= 4 is 53.1 Å². The van der Waals surface area contributed by atoms with Crippen LogP contribution in [0.25, 0.3) is 10.9 Å². The highest BCUT2D eigenvalue weighted by Gasteiger charge is 2.28. The van der Waals surface area contributed by atoms with Crippen LogP contribution in [0.5, 0.6) is 0 Å². The second kappa shape index (κ2) is 11.1. The van der Waals surface area contributed by atoms with Gasteiger partial charge in [0.15, 0.2) is 0 Å². The highest BCUT2D eigenvalue weighted by atomic mass is 32.2. The van der Waals surface area contributed by atoms with Crippen molar-refractivity contribution in [3.8, 4) is 0 Å². The Hall–Kier alpha value is -2.17. The molecule has 158 valence electrons. The number of H-pyrrole nitrogens is 1. The number of amides is 2. The first kappa shape index (κ1) is 23.1. The van der Waals surface area contributed by atoms with Gasteiger partial charge in [0.2, 0.25) is 11.8 Å². The SMILES string of the molecule is CSCC[C@H](N)C(=O)N[C@@H](Cc1c[nH]c2ccccc12)C(=O)N[C@@H](CS)C(=O)O. The molecule has 2 rings (SSSR count). The number of hydrogen-bond acceptors (Lipinski definition) is 6. The summed E-state index contributed by atoms with van der Waals surface area (Å²) >= 11 is 5.54. The number of benzene rings is 1. The number of nitrogens with one attached hydrogen (secondary N) is 3. The van der Waals surface area contributed by atoms with E-state index in [0.717, 1.165) is 16.5 Å². The lowest BCUT2D eigenvalue weighted by atomic mass is 10.0. The average molecular weight is 439 g/mol. The summed E-state index contributed by atoms with van der Waals surface area (Å²) in [6, 6.07) is 4.72. The summed E-state index contributed by atoms with van der Waals surface area (Å²) in [6.45, 7) is 0. The highest BCUT2D eigenvalue weighted by Crippen LogP contribution is 2.19. The number of nitrogens with two attached hydrogens (primary N) is 1. The molecule has 6 N–H and O–H groups in total. The lowest BCUT2D eigenvalue weighted by Gasteiger charge is -2.22. The Balaban J connectivity index is 2.21. The van der Waals surface area contributed by atoms with Gasteiger partial charge in [-0.2, -0.15) is 24.4 Å². The molecular weight excluding hydrogens is 412 g/mol. The van der Waals surface area contributed by atoms with Crippen molar-refractivity contribution in [2.45, 2.75) is 31.0 Å². The number of para-hydroxylation sites is 1. The van der Waals surface area contributed by atoms with Gasteiger partial charge in [-0.3, -0.25) is 9.59 Å². The second-order valence-corrected chi connectivity index (χ2v) is 7.95. The molecular formula is C19H26N4O4S2. The van der Waals surface area contributed by atoms with Gasteiger partial charge in [0, 0.05) is 29.3 Å². The molecule has 0 saturated heterocycles. The third-order valence-corrected chi connectivity index (χ3v) is 5.51. The van der Waals surface area contributed by atoms with E-state index in [9.17, 15) is 19.5 Å². The maximum absolute atomic E-state index is 12.8. The van der Waals surface area contributed by atoms with Gasteiger partial charge < -0.3 is 26.5 Å². The van der Waals surface area contributed by atoms with Crippen LogP contribution in [-0.4, -0.2) is 63.8 Å². The van der Waals surface area contributed by atoms with Crippen LogP contribution < -0.4 is 16.4 Å². The molecule has 2 aromatic rings. The number of aliphatic carboxylic acids is 1. The summed E-state index contributed by atoms with van der Waals surface area (Å²) in [7, 11) is 0. The van der Waals surface area contributed by atoms with Gasteiger partial charge in [-0.15, -0.1) is 0 Å². The fraction of sp³-hybridized carbons (Fsp3) is 0.421. The largest absolute Gasteiger partial charge is 0.480 e. The van der Waals surface area contributed by atoms with Crippen molar-refractivity contribution in [1.82, 2.24) is 15.6 Å². The molecule has 0 radical (unpaired) electrons. The van der Waals surface area contributed by atoms with Crippen LogP contribution in [0.3, 0.4) is 0 Å². The molecule has 0 aliphatic rings. The van der Waals surface area contributed by atoms with E-state index in [4.69, 9.17) is 5.73 Å². The van der Waals surface area contributed by atoms with E-state index in [-0.39, 0.29) is 12.2 Å². The van der Waals surface area contributed by atoms with Crippen LogP contribution in [0, 0.1) is 0 Å². The zero-order valence-corrected chi connectivity index (χ0v) is 17.8. The van der Waals surface area contributed by atoms with Gasteiger partial charge >= 0.3 is 5.97 Å². The molecule has 0 fully saturated rings. The topological polar surface area (TPSA) is 137 Å². The van der Waals surface area contributed by atoms with Crippen molar-refractivity contribution in [1.29, 1.82) is 0 Å². The predicted molar refractivity (Wildman–Crippen MR) is 118 cm³/mol. The number of aromatic nitrogens is 1. The Morgan fingerprint density at radius 2 is 1.90 bits per heavy atom. The number of carboxylic acid groups (broad SMARTS) is 1. The number of rotatable bonds is 11. The van der Waals surface area contributed by atoms with Gasteiger partial charge in [0.25, 0.3) is 0 Å². The lowest BCUT2D eigenvalue weighted by Crippen LogP contribution is -2.55. The van der Waals surface area contributed by atoms with Gasteiger partial charge in [-0.25, -0.2) is 4.79 Å². The lowest BCUT2D eigenvalue weighted by molar-refractivity contribution is -0.141. The molecule has 1 aromatic carbocycles. The fourth-order valence-corrected chi connectivity index (χ4v) is 3.58. The molecule has 3 atom stereocenters. The van der Waals surface area contributed by atoms with Crippen molar-refractivity contribution < 1.29 is 19.5 Å². The minimum Gasteiger partial charge on any atom is -0.480 e. The van der Waals surface area contributed by atoms with E-state index >= 15 is 0 Å². The first-order valence-corrected chi connectivity index (χ1v) is 11.1. The summed E-state index contributed by atoms with van der Waals surface area (Å²) in [4.78, 5) is 39.6. The highest BCUT2D eigenvalue weighted by molar-refractivity contribution is 7.98. The number of aromatic amines is 1. The molecule has 8 nitrogen and oxygen atoms in total. The molecule has 1 aromatic heterocycles. The van der Waals surface area contributed by atoms with Gasteiger partial charge in [0.05, 0.1) is 6.04 Å². The Morgan fingerprint density at radius 1 is 1.21 bits per heavy atom. The molecule has 0 spiro atoms. The zero-order chi connectivity index (χ0) is 21.4. The Labute approximate surface area is 178 Å². The fourth-order valence-electron chi connectivity index (χ4n) is 2.84. The first-order chi connectivity index (χ1) is 13.9. The molecule has 0 saturated carbocycles. The van der Waals surface area contributed by atoms with Crippen molar-refractivity contribution in [2.24, 2.45) is 5.73 Å². The molecule has 0 bridgehead atoms. The number of thioether (sulfide) groups is 1. The summed E-state index contributed by atoms with van der Waals surface area (Å²) in [6.07, 6.45) is 4.36. The van der Waals surface area contributed by atoms with Crippen molar-refractivity contribution in [2.75, 3.05) is 17.8 Å². The second-order valence-electron chi connectivity index (χ2n) is 6.59. The van der Waals surface area contributed by atoms with Gasteiger partial charge in [0.1, 0.15) is 12.1 Å². The average Bonchev–Trinajstić information content (AvgIpc) is 3.12. The molecule has 0 aliphatic heterocycles. The van der Waals surface area contributed by atoms with E-state index in [1.807, 2.05) is 30.5 Å². The van der Waals surface area contributed by atoms with Crippen molar-refractivity contribution in [3.63, 3.8) is 0 Å². The quantitative estimate of drug-likeness (QED) is 0.287. The van der Waals surface area contributed by atoms with Crippen LogP contribution in [0.15, 0.2) is 30.5 Å². The Morgan fingerprint density at radius 3 is 2.55 bits per heavy atom. The van der Waals surface area contributed by atoms with E-state index in [1.54, 1.807) is 18.0 Å². The van der Waals surface area contributed by atoms with Crippen LogP contribution in [0.1, 0.15) is 12.0 Å². The number of hydrogen-bond donors (Lipinski definition) is 6. The standard InChI is InChI=1S/C19H26N4O4S2/c1-29-7-6-13(20)17(24)22-15(18(25)23-16(10-28)19(26)27)8-11-9-21-14-5-3-2-4-12(11)14/h2-5,9,13,15-16,21,28H,6-8,10,20H2,1H3,(H,22,24)(H,23,25)(H,26,27)/t13-,15-,16-/m0/s1. The molecule has 2 amide bonds. The van der Waals surface area contributed by atoms with E-state index in [2.05, 4.69) is 28.2 Å². The molecule has 10 heteroatoms. The number of carboxylic acids is 1. The van der Waals surface area contributed by atoms with Crippen LogP contribution in [0.2, 0.25) is 0 Å². The summed E-state index contributed by atoms with van der Waals surface area (Å²) < 4.78 is 0. The normalized spacial score (nSPS) is 14.2. The van der Waals surface area contributed by atoms with Crippen LogP contribution in [-0.2, 0) is 20.8 Å². The van der Waals surface area contributed by atoms with E-state index in [0.29, 0.717) is 12.2 Å². The monoisotopic (exact) mass is 438 g/mol. The third kappa shape index (κ3) is 6.41. The number of carbonyl (C=O) groups excluding carboxylic acids is 2. The van der Waals surface area contributed by atoms with E-state index < -0.39 is 35.9 Å². The Kier molecular flexibility index (Phi) is 8.87. The maximum atomic E-state index is 12.8. The van der Waals surface area contributed by atoms with Crippen molar-refractivity contribution in [3.05, 3.63) is 36.0 Å². The molecule has 29 heavy (non-hydrogen) atoms. The summed E-state index contributed by atoms with van der Waals surface area (Å²) in [5.74, 6) is -1.59. The minimum absolute atomic E-state index is 0.0674. The molecule has 0 unspecified atom stereocenters. The number of carbonyl (C=O) groups is 3. The van der Waals surface area contributed by atoms with Gasteiger partial charge in [-0.1, -0.05) is 18.2 Å². The number of thiol groups is 1.